The number of carbonyl (C=O) groups is 1. The molecule has 0 atom stereocenters. The van der Waals surface area contributed by atoms with Crippen LogP contribution < -0.4 is 0 Å². The Labute approximate surface area is 192 Å². The molecule has 0 spiro atoms. The lowest BCUT2D eigenvalue weighted by Gasteiger charge is -2.05. The van der Waals surface area contributed by atoms with Crippen LogP contribution in [0.2, 0.25) is 0 Å². The summed E-state index contributed by atoms with van der Waals surface area (Å²) in [5.74, 6) is 6.65. The maximum Gasteiger partial charge on any atom is 0.416 e. The quantitative estimate of drug-likeness (QED) is 0.368. The fourth-order valence-electron chi connectivity index (χ4n) is 3.23. The summed E-state index contributed by atoms with van der Waals surface area (Å²) in [4.78, 5) is 20.9. The summed E-state index contributed by atoms with van der Waals surface area (Å²) < 4.78 is 40.8. The molecular weight excluding hydrogens is 447 g/mol. The van der Waals surface area contributed by atoms with Crippen molar-refractivity contribution < 1.29 is 18.0 Å². The van der Waals surface area contributed by atoms with E-state index in [1.54, 1.807) is 29.1 Å². The first kappa shape index (κ1) is 22.6. The molecule has 33 heavy (non-hydrogen) atoms. The molecule has 0 N–H and O–H groups in total. The number of ketones is 1. The predicted octanol–water partition coefficient (Wildman–Crippen LogP) is 5.19. The molecule has 166 valence electrons. The lowest BCUT2D eigenvalue weighted by molar-refractivity contribution is -0.137. The molecule has 8 heteroatoms. The Hall–Kier alpha value is -3.57. The van der Waals surface area contributed by atoms with E-state index in [9.17, 15) is 18.0 Å². The zero-order valence-corrected chi connectivity index (χ0v) is 18.2. The SMILES string of the molecule is O=C(CSCc1nc2ccccn2c1C#Cc1cccc(C(F)(F)F)c1)Cc1cccnc1. The van der Waals surface area contributed by atoms with Crippen molar-refractivity contribution >= 4 is 23.2 Å². The number of halogens is 3. The predicted molar refractivity (Wildman–Crippen MR) is 122 cm³/mol. The third-order valence-electron chi connectivity index (χ3n) is 4.74. The molecule has 0 bridgehead atoms. The molecule has 0 saturated heterocycles. The van der Waals surface area contributed by atoms with Gasteiger partial charge in [-0.2, -0.15) is 13.2 Å². The van der Waals surface area contributed by atoms with Crippen molar-refractivity contribution in [2.24, 2.45) is 0 Å². The molecule has 0 radical (unpaired) electrons. The van der Waals surface area contributed by atoms with Gasteiger partial charge in [0.1, 0.15) is 17.1 Å². The van der Waals surface area contributed by atoms with Gasteiger partial charge in [-0.25, -0.2) is 4.98 Å². The Bertz CT molecular complexity index is 1340. The summed E-state index contributed by atoms with van der Waals surface area (Å²) in [5, 5.41) is 0. The Kier molecular flexibility index (Phi) is 6.80. The maximum atomic E-state index is 13.0. The van der Waals surface area contributed by atoms with Crippen molar-refractivity contribution in [1.82, 2.24) is 14.4 Å². The molecule has 0 amide bonds. The number of hydrogen-bond donors (Lipinski definition) is 0. The molecule has 3 heterocycles. The average Bonchev–Trinajstić information content (AvgIpc) is 3.15. The van der Waals surface area contributed by atoms with Gasteiger partial charge in [0.05, 0.1) is 17.0 Å². The summed E-state index contributed by atoms with van der Waals surface area (Å²) in [7, 11) is 0. The molecule has 4 aromatic rings. The summed E-state index contributed by atoms with van der Waals surface area (Å²) in [6, 6.07) is 14.1. The van der Waals surface area contributed by atoms with Gasteiger partial charge < -0.3 is 0 Å². The highest BCUT2D eigenvalue weighted by Gasteiger charge is 2.30. The Morgan fingerprint density at radius 1 is 1.06 bits per heavy atom. The lowest BCUT2D eigenvalue weighted by atomic mass is 10.1. The second-order valence-corrected chi connectivity index (χ2v) is 8.22. The van der Waals surface area contributed by atoms with E-state index in [1.165, 1.54) is 23.9 Å². The van der Waals surface area contributed by atoms with E-state index >= 15 is 0 Å². The third-order valence-corrected chi connectivity index (χ3v) is 5.75. The fraction of sp³-hybridized carbons (Fsp3) is 0.160. The number of imidazole rings is 1. The highest BCUT2D eigenvalue weighted by Crippen LogP contribution is 2.29. The molecule has 0 saturated carbocycles. The number of aromatic nitrogens is 3. The molecule has 0 unspecified atom stereocenters. The first-order valence-electron chi connectivity index (χ1n) is 10.0. The van der Waals surface area contributed by atoms with E-state index in [4.69, 9.17) is 0 Å². The largest absolute Gasteiger partial charge is 0.416 e. The first-order valence-corrected chi connectivity index (χ1v) is 11.2. The van der Waals surface area contributed by atoms with Crippen LogP contribution in [0, 0.1) is 11.8 Å². The van der Waals surface area contributed by atoms with Gasteiger partial charge in [0.2, 0.25) is 0 Å². The summed E-state index contributed by atoms with van der Waals surface area (Å²) in [6.45, 7) is 0. The molecule has 0 fully saturated rings. The number of pyridine rings is 2. The minimum absolute atomic E-state index is 0.0772. The minimum atomic E-state index is -4.43. The van der Waals surface area contributed by atoms with Crippen LogP contribution in [0.1, 0.15) is 28.1 Å². The van der Waals surface area contributed by atoms with Gasteiger partial charge in [-0.05, 0) is 47.9 Å². The second-order valence-electron chi connectivity index (χ2n) is 7.23. The van der Waals surface area contributed by atoms with Crippen LogP contribution in [-0.2, 0) is 23.1 Å². The van der Waals surface area contributed by atoms with E-state index in [-0.39, 0.29) is 11.3 Å². The second kappa shape index (κ2) is 9.92. The normalized spacial score (nSPS) is 11.2. The van der Waals surface area contributed by atoms with Crippen molar-refractivity contribution in [2.45, 2.75) is 18.3 Å². The number of benzene rings is 1. The standard InChI is InChI=1S/C25H18F3N3OS/c26-25(27,28)20-7-3-5-18(13-20)9-10-23-22(30-24-8-1-2-12-31(23)24)17-33-16-21(32)14-19-6-4-11-29-15-19/h1-8,11-13,15H,14,16-17H2. The molecule has 4 rings (SSSR count). The van der Waals surface area contributed by atoms with E-state index in [0.29, 0.717) is 35.0 Å². The van der Waals surface area contributed by atoms with Crippen molar-refractivity contribution in [3.05, 3.63) is 101 Å². The van der Waals surface area contributed by atoms with Crippen LogP contribution in [0.3, 0.4) is 0 Å². The van der Waals surface area contributed by atoms with Crippen LogP contribution in [0.5, 0.6) is 0 Å². The molecule has 0 aliphatic rings. The van der Waals surface area contributed by atoms with Crippen molar-refractivity contribution in [3.8, 4) is 11.8 Å². The number of thioether (sulfide) groups is 1. The van der Waals surface area contributed by atoms with Gasteiger partial charge in [0.15, 0.2) is 0 Å². The van der Waals surface area contributed by atoms with Crippen LogP contribution in [-0.4, -0.2) is 25.9 Å². The monoisotopic (exact) mass is 465 g/mol. The van der Waals surface area contributed by atoms with Gasteiger partial charge in [-0.15, -0.1) is 11.8 Å². The van der Waals surface area contributed by atoms with Gasteiger partial charge >= 0.3 is 6.18 Å². The summed E-state index contributed by atoms with van der Waals surface area (Å²) in [6.07, 6.45) is 1.03. The highest BCUT2D eigenvalue weighted by molar-refractivity contribution is 7.99. The number of fused-ring (bicyclic) bond motifs is 1. The number of rotatable bonds is 6. The number of alkyl halides is 3. The lowest BCUT2D eigenvalue weighted by Crippen LogP contribution is -2.06. The smallest absolute Gasteiger partial charge is 0.298 e. The molecule has 4 nitrogen and oxygen atoms in total. The molecular formula is C25H18F3N3OS. The van der Waals surface area contributed by atoms with Gasteiger partial charge in [0, 0.05) is 36.3 Å². The Morgan fingerprint density at radius 2 is 1.94 bits per heavy atom. The van der Waals surface area contributed by atoms with Gasteiger partial charge in [-0.3, -0.25) is 14.2 Å². The van der Waals surface area contributed by atoms with Crippen LogP contribution in [0.25, 0.3) is 5.65 Å². The molecule has 3 aromatic heterocycles. The van der Waals surface area contributed by atoms with Crippen molar-refractivity contribution in [1.29, 1.82) is 0 Å². The molecule has 0 aliphatic carbocycles. The fourth-order valence-corrected chi connectivity index (χ4v) is 4.05. The van der Waals surface area contributed by atoms with E-state index in [1.807, 2.05) is 24.3 Å². The number of hydrogen-bond acceptors (Lipinski definition) is 4. The summed E-state index contributed by atoms with van der Waals surface area (Å²) >= 11 is 1.43. The zero-order valence-electron chi connectivity index (χ0n) is 17.3. The van der Waals surface area contributed by atoms with Gasteiger partial charge in [-0.1, -0.05) is 24.1 Å². The van der Waals surface area contributed by atoms with E-state index in [2.05, 4.69) is 21.8 Å². The third kappa shape index (κ3) is 5.82. The highest BCUT2D eigenvalue weighted by atomic mass is 32.2. The Balaban J connectivity index is 1.52. The number of carbonyl (C=O) groups excluding carboxylic acids is 1. The van der Waals surface area contributed by atoms with E-state index < -0.39 is 11.7 Å². The van der Waals surface area contributed by atoms with Crippen molar-refractivity contribution in [2.75, 3.05) is 5.75 Å². The Morgan fingerprint density at radius 3 is 2.73 bits per heavy atom. The average molecular weight is 466 g/mol. The maximum absolute atomic E-state index is 13.0. The van der Waals surface area contributed by atoms with Gasteiger partial charge in [0.25, 0.3) is 0 Å². The van der Waals surface area contributed by atoms with E-state index in [0.717, 1.165) is 17.7 Å². The van der Waals surface area contributed by atoms with Crippen LogP contribution >= 0.6 is 11.8 Å². The molecule has 1 aromatic carbocycles. The van der Waals surface area contributed by atoms with Crippen LogP contribution in [0.15, 0.2) is 73.2 Å². The summed E-state index contributed by atoms with van der Waals surface area (Å²) in [5.41, 5.74) is 2.35. The number of Topliss-reactive ketones (excluding diaryl/α,β-unsaturated/α-hetero) is 1. The number of nitrogens with zero attached hydrogens (tertiary/aromatic N) is 3. The van der Waals surface area contributed by atoms with Crippen molar-refractivity contribution in [3.63, 3.8) is 0 Å². The minimum Gasteiger partial charge on any atom is -0.298 e. The topological polar surface area (TPSA) is 47.3 Å². The molecule has 0 aliphatic heterocycles. The first-order chi connectivity index (χ1) is 15.9. The zero-order chi connectivity index (χ0) is 23.3. The van der Waals surface area contributed by atoms with Crippen LogP contribution in [0.4, 0.5) is 13.2 Å².